The fourth-order valence-corrected chi connectivity index (χ4v) is 3.48. The molecule has 0 amide bonds. The summed E-state index contributed by atoms with van der Waals surface area (Å²) in [5, 5.41) is 0. The molecule has 1 unspecified atom stereocenters. The molecule has 0 bridgehead atoms. The molecule has 1 aliphatic heterocycles. The van der Waals surface area contributed by atoms with Crippen LogP contribution in [0.2, 0.25) is 0 Å². The van der Waals surface area contributed by atoms with Crippen molar-refractivity contribution in [1.82, 2.24) is 9.29 Å². The van der Waals surface area contributed by atoms with Crippen LogP contribution in [0.1, 0.15) is 25.7 Å². The van der Waals surface area contributed by atoms with Crippen LogP contribution in [0.4, 0.5) is 5.82 Å². The molecule has 0 spiro atoms. The monoisotopic (exact) mass is 312 g/mol. The molecule has 1 aliphatic rings. The Balaban J connectivity index is 2.25. The number of nitrogens with two attached hydrogens (primary N) is 1. The predicted molar refractivity (Wildman–Crippen MR) is 83.8 cm³/mol. The highest BCUT2D eigenvalue weighted by Gasteiger charge is 2.22. The third kappa shape index (κ3) is 3.53. The number of pyridine rings is 1. The van der Waals surface area contributed by atoms with Gasteiger partial charge in [0.05, 0.1) is 0 Å². The molecule has 1 saturated heterocycles. The zero-order chi connectivity index (χ0) is 15.5. The van der Waals surface area contributed by atoms with Gasteiger partial charge in [-0.15, -0.1) is 0 Å². The van der Waals surface area contributed by atoms with Gasteiger partial charge in [-0.05, 0) is 25.0 Å². The van der Waals surface area contributed by atoms with E-state index in [0.29, 0.717) is 6.54 Å². The van der Waals surface area contributed by atoms with Gasteiger partial charge in [0.1, 0.15) is 10.7 Å². The number of hydrogen-bond donors (Lipinski definition) is 1. The lowest BCUT2D eigenvalue weighted by Gasteiger charge is -2.30. The molecule has 1 aromatic rings. The SMILES string of the molecule is CN(C)S(=O)(=O)c1ccc(N2CCCCCC2CN)nc1. The van der Waals surface area contributed by atoms with E-state index >= 15 is 0 Å². The van der Waals surface area contributed by atoms with Crippen molar-refractivity contribution in [3.8, 4) is 0 Å². The van der Waals surface area contributed by atoms with Gasteiger partial charge in [0.15, 0.2) is 0 Å². The fourth-order valence-electron chi connectivity index (χ4n) is 2.63. The number of anilines is 1. The Morgan fingerprint density at radius 2 is 2.10 bits per heavy atom. The van der Waals surface area contributed by atoms with E-state index in [0.717, 1.165) is 25.2 Å². The second kappa shape index (κ2) is 6.72. The zero-order valence-electron chi connectivity index (χ0n) is 12.7. The molecule has 118 valence electrons. The van der Waals surface area contributed by atoms with Gasteiger partial charge in [-0.25, -0.2) is 17.7 Å². The summed E-state index contributed by atoms with van der Waals surface area (Å²) >= 11 is 0. The Labute approximate surface area is 127 Å². The minimum Gasteiger partial charge on any atom is -0.352 e. The lowest BCUT2D eigenvalue weighted by molar-refractivity contribution is 0.520. The van der Waals surface area contributed by atoms with Crippen LogP contribution in [-0.4, -0.2) is 50.9 Å². The maximum Gasteiger partial charge on any atom is 0.244 e. The summed E-state index contributed by atoms with van der Waals surface area (Å²) in [5.74, 6) is 0.810. The van der Waals surface area contributed by atoms with E-state index < -0.39 is 10.0 Å². The third-order valence-electron chi connectivity index (χ3n) is 3.94. The first-order chi connectivity index (χ1) is 9.96. The molecule has 1 atom stereocenters. The summed E-state index contributed by atoms with van der Waals surface area (Å²) in [6, 6.07) is 3.69. The molecule has 2 heterocycles. The Kier molecular flexibility index (Phi) is 5.18. The van der Waals surface area contributed by atoms with Crippen LogP contribution in [0.5, 0.6) is 0 Å². The van der Waals surface area contributed by atoms with Gasteiger partial charge in [-0.2, -0.15) is 0 Å². The van der Waals surface area contributed by atoms with Gasteiger partial charge in [0.25, 0.3) is 0 Å². The van der Waals surface area contributed by atoms with Crippen molar-refractivity contribution in [2.45, 2.75) is 36.6 Å². The summed E-state index contributed by atoms with van der Waals surface area (Å²) in [5.41, 5.74) is 5.87. The molecule has 1 fully saturated rings. The van der Waals surface area contributed by atoms with E-state index in [1.807, 2.05) is 0 Å². The Hall–Kier alpha value is -1.18. The molecule has 2 rings (SSSR count). The third-order valence-corrected chi connectivity index (χ3v) is 5.74. The van der Waals surface area contributed by atoms with Crippen molar-refractivity contribution in [1.29, 1.82) is 0 Å². The average Bonchev–Trinajstić information content (AvgIpc) is 2.72. The second-order valence-corrected chi connectivity index (χ2v) is 7.72. The highest BCUT2D eigenvalue weighted by atomic mass is 32.2. The van der Waals surface area contributed by atoms with Crippen LogP contribution in [0, 0.1) is 0 Å². The Morgan fingerprint density at radius 3 is 2.67 bits per heavy atom. The van der Waals surface area contributed by atoms with E-state index in [4.69, 9.17) is 5.73 Å². The van der Waals surface area contributed by atoms with E-state index in [9.17, 15) is 8.42 Å². The van der Waals surface area contributed by atoms with Crippen LogP contribution >= 0.6 is 0 Å². The van der Waals surface area contributed by atoms with Gasteiger partial charge >= 0.3 is 0 Å². The molecule has 2 N–H and O–H groups in total. The summed E-state index contributed by atoms with van der Waals surface area (Å²) in [7, 11) is -0.390. The van der Waals surface area contributed by atoms with Crippen molar-refractivity contribution in [3.63, 3.8) is 0 Å². The van der Waals surface area contributed by atoms with E-state index in [2.05, 4.69) is 9.88 Å². The van der Waals surface area contributed by atoms with E-state index in [1.54, 1.807) is 12.1 Å². The topological polar surface area (TPSA) is 79.5 Å². The number of hydrogen-bond acceptors (Lipinski definition) is 5. The first-order valence-electron chi connectivity index (χ1n) is 7.32. The second-order valence-electron chi connectivity index (χ2n) is 5.57. The molecule has 7 heteroatoms. The molecular weight excluding hydrogens is 288 g/mol. The molecule has 0 radical (unpaired) electrons. The molecule has 0 aliphatic carbocycles. The van der Waals surface area contributed by atoms with Crippen molar-refractivity contribution in [2.24, 2.45) is 5.73 Å². The maximum absolute atomic E-state index is 12.0. The Bertz CT molecular complexity index is 557. The summed E-state index contributed by atoms with van der Waals surface area (Å²) in [6.45, 7) is 1.52. The largest absolute Gasteiger partial charge is 0.352 e. The number of rotatable bonds is 4. The number of aromatic nitrogens is 1. The van der Waals surface area contributed by atoms with Gasteiger partial charge in [0.2, 0.25) is 10.0 Å². The lowest BCUT2D eigenvalue weighted by atomic mass is 10.1. The van der Waals surface area contributed by atoms with Crippen LogP contribution in [0.3, 0.4) is 0 Å². The van der Waals surface area contributed by atoms with Gasteiger partial charge < -0.3 is 10.6 Å². The van der Waals surface area contributed by atoms with Crippen LogP contribution in [0.15, 0.2) is 23.2 Å². The average molecular weight is 312 g/mol. The molecule has 21 heavy (non-hydrogen) atoms. The summed E-state index contributed by atoms with van der Waals surface area (Å²) in [4.78, 5) is 6.78. The van der Waals surface area contributed by atoms with Crippen molar-refractivity contribution in [3.05, 3.63) is 18.3 Å². The predicted octanol–water partition coefficient (Wildman–Crippen LogP) is 1.04. The van der Waals surface area contributed by atoms with Crippen molar-refractivity contribution >= 4 is 15.8 Å². The minimum atomic E-state index is -3.42. The van der Waals surface area contributed by atoms with Gasteiger partial charge in [-0.3, -0.25) is 0 Å². The summed E-state index contributed by atoms with van der Waals surface area (Å²) in [6.07, 6.45) is 6.01. The first kappa shape index (κ1) is 16.2. The lowest BCUT2D eigenvalue weighted by Crippen LogP contribution is -2.40. The summed E-state index contributed by atoms with van der Waals surface area (Å²) < 4.78 is 25.3. The van der Waals surface area contributed by atoms with E-state index in [1.165, 1.54) is 37.4 Å². The zero-order valence-corrected chi connectivity index (χ0v) is 13.5. The van der Waals surface area contributed by atoms with Gasteiger partial charge in [-0.1, -0.05) is 12.8 Å². The fraction of sp³-hybridized carbons (Fsp3) is 0.643. The van der Waals surface area contributed by atoms with Crippen LogP contribution in [0.25, 0.3) is 0 Å². The number of nitrogens with zero attached hydrogens (tertiary/aromatic N) is 3. The van der Waals surface area contributed by atoms with Crippen molar-refractivity contribution < 1.29 is 8.42 Å². The normalized spacial score (nSPS) is 20.6. The maximum atomic E-state index is 12.0. The van der Waals surface area contributed by atoms with Crippen molar-refractivity contribution in [2.75, 3.05) is 32.1 Å². The first-order valence-corrected chi connectivity index (χ1v) is 8.76. The number of sulfonamides is 1. The quantitative estimate of drug-likeness (QED) is 0.898. The van der Waals surface area contributed by atoms with Crippen LogP contribution in [-0.2, 0) is 10.0 Å². The smallest absolute Gasteiger partial charge is 0.244 e. The standard InChI is InChI=1S/C14H24N4O2S/c1-17(2)21(19,20)13-7-8-14(16-11-13)18-9-5-3-4-6-12(18)10-15/h7-8,11-12H,3-6,9-10,15H2,1-2H3. The molecule has 0 aromatic carbocycles. The molecular formula is C14H24N4O2S. The Morgan fingerprint density at radius 1 is 1.33 bits per heavy atom. The van der Waals surface area contributed by atoms with Crippen LogP contribution < -0.4 is 10.6 Å². The van der Waals surface area contributed by atoms with E-state index in [-0.39, 0.29) is 10.9 Å². The highest BCUT2D eigenvalue weighted by Crippen LogP contribution is 2.23. The molecule has 6 nitrogen and oxygen atoms in total. The molecule has 1 aromatic heterocycles. The molecule has 0 saturated carbocycles. The minimum absolute atomic E-state index is 0.218. The highest BCUT2D eigenvalue weighted by molar-refractivity contribution is 7.89. The van der Waals surface area contributed by atoms with Gasteiger partial charge in [0, 0.05) is 39.4 Å².